The first-order valence-electron chi connectivity index (χ1n) is 6.53. The van der Waals surface area contributed by atoms with E-state index in [4.69, 9.17) is 0 Å². The van der Waals surface area contributed by atoms with Crippen LogP contribution in [0.5, 0.6) is 0 Å². The Balaban J connectivity index is 1.92. The van der Waals surface area contributed by atoms with Gasteiger partial charge in [-0.05, 0) is 52.0 Å². The molecule has 1 atom stereocenters. The molecule has 2 aliphatic rings. The lowest BCUT2D eigenvalue weighted by Gasteiger charge is -2.33. The van der Waals surface area contributed by atoms with E-state index in [0.717, 1.165) is 18.5 Å². The number of β-amino-alcohol motifs (C(OH)–C–C–N with tert-alkyl or cyclic N) is 1. The standard InChI is InChI=1S/C13H25NO/c1-13(2,15)10-14-9-5-8-12(14)11-6-3-4-7-11/h11-12,15H,3-10H2,1-2H3. The second-order valence-electron chi connectivity index (χ2n) is 6.04. The molecule has 1 aliphatic carbocycles. The van der Waals surface area contributed by atoms with Crippen molar-refractivity contribution in [1.82, 2.24) is 4.90 Å². The number of hydrogen-bond acceptors (Lipinski definition) is 2. The van der Waals surface area contributed by atoms with Gasteiger partial charge in [0.2, 0.25) is 0 Å². The van der Waals surface area contributed by atoms with Crippen LogP contribution in [0.2, 0.25) is 0 Å². The fourth-order valence-electron chi connectivity index (χ4n) is 3.42. The molecule has 0 aromatic heterocycles. The minimum absolute atomic E-state index is 0.527. The molecule has 2 nitrogen and oxygen atoms in total. The molecule has 1 heterocycles. The van der Waals surface area contributed by atoms with Gasteiger partial charge in [0, 0.05) is 12.6 Å². The van der Waals surface area contributed by atoms with Crippen molar-refractivity contribution in [2.75, 3.05) is 13.1 Å². The van der Waals surface area contributed by atoms with Gasteiger partial charge in [0.1, 0.15) is 0 Å². The molecule has 2 heteroatoms. The average Bonchev–Trinajstić information content (AvgIpc) is 2.68. The maximum Gasteiger partial charge on any atom is 0.0718 e. The van der Waals surface area contributed by atoms with Gasteiger partial charge < -0.3 is 5.11 Å². The predicted molar refractivity (Wildman–Crippen MR) is 62.9 cm³/mol. The van der Waals surface area contributed by atoms with E-state index in [-0.39, 0.29) is 0 Å². The average molecular weight is 211 g/mol. The molecule has 1 N–H and O–H groups in total. The highest BCUT2D eigenvalue weighted by Crippen LogP contribution is 2.35. The van der Waals surface area contributed by atoms with E-state index < -0.39 is 5.60 Å². The third-order valence-corrected chi connectivity index (χ3v) is 3.95. The fraction of sp³-hybridized carbons (Fsp3) is 1.00. The lowest BCUT2D eigenvalue weighted by Crippen LogP contribution is -2.43. The SMILES string of the molecule is CC(C)(O)CN1CCCC1C1CCCC1. The zero-order chi connectivity index (χ0) is 10.9. The van der Waals surface area contributed by atoms with Crippen molar-refractivity contribution in [2.24, 2.45) is 5.92 Å². The smallest absolute Gasteiger partial charge is 0.0718 e. The van der Waals surface area contributed by atoms with E-state index in [0.29, 0.717) is 0 Å². The largest absolute Gasteiger partial charge is 0.389 e. The lowest BCUT2D eigenvalue weighted by molar-refractivity contribution is 0.0237. The topological polar surface area (TPSA) is 23.5 Å². The summed E-state index contributed by atoms with van der Waals surface area (Å²) in [5.74, 6) is 0.926. The minimum atomic E-state index is -0.527. The van der Waals surface area contributed by atoms with Gasteiger partial charge in [-0.15, -0.1) is 0 Å². The fourth-order valence-corrected chi connectivity index (χ4v) is 3.42. The first-order chi connectivity index (χ1) is 7.06. The summed E-state index contributed by atoms with van der Waals surface area (Å²) >= 11 is 0. The maximum atomic E-state index is 9.90. The number of aliphatic hydroxyl groups is 1. The normalized spacial score (nSPS) is 30.2. The highest BCUT2D eigenvalue weighted by Gasteiger charge is 2.35. The summed E-state index contributed by atoms with van der Waals surface area (Å²) in [6, 6.07) is 0.777. The van der Waals surface area contributed by atoms with Crippen LogP contribution in [0.25, 0.3) is 0 Å². The first kappa shape index (κ1) is 11.4. The Morgan fingerprint density at radius 1 is 1.13 bits per heavy atom. The molecular formula is C13H25NO. The predicted octanol–water partition coefficient (Wildman–Crippen LogP) is 2.41. The van der Waals surface area contributed by atoms with Crippen molar-refractivity contribution in [1.29, 1.82) is 0 Å². The van der Waals surface area contributed by atoms with Crippen LogP contribution in [0.4, 0.5) is 0 Å². The summed E-state index contributed by atoms with van der Waals surface area (Å²) in [5.41, 5.74) is -0.527. The molecule has 1 saturated heterocycles. The van der Waals surface area contributed by atoms with E-state index in [1.165, 1.54) is 45.1 Å². The van der Waals surface area contributed by atoms with Crippen LogP contribution in [0.1, 0.15) is 52.4 Å². The molecule has 2 rings (SSSR count). The lowest BCUT2D eigenvalue weighted by atomic mass is 9.95. The summed E-state index contributed by atoms with van der Waals surface area (Å²) < 4.78 is 0. The minimum Gasteiger partial charge on any atom is -0.389 e. The monoisotopic (exact) mass is 211 g/mol. The van der Waals surface area contributed by atoms with Crippen LogP contribution in [-0.4, -0.2) is 34.7 Å². The zero-order valence-electron chi connectivity index (χ0n) is 10.2. The van der Waals surface area contributed by atoms with Crippen LogP contribution in [0, 0.1) is 5.92 Å². The molecule has 88 valence electrons. The molecule has 0 aromatic rings. The second-order valence-corrected chi connectivity index (χ2v) is 6.04. The van der Waals surface area contributed by atoms with Gasteiger partial charge in [-0.2, -0.15) is 0 Å². The summed E-state index contributed by atoms with van der Waals surface area (Å²) in [5, 5.41) is 9.90. The summed E-state index contributed by atoms with van der Waals surface area (Å²) in [6.45, 7) is 5.91. The van der Waals surface area contributed by atoms with E-state index in [1.807, 2.05) is 13.8 Å². The van der Waals surface area contributed by atoms with Crippen molar-refractivity contribution in [3.8, 4) is 0 Å². The van der Waals surface area contributed by atoms with Crippen molar-refractivity contribution in [3.05, 3.63) is 0 Å². The van der Waals surface area contributed by atoms with Crippen LogP contribution >= 0.6 is 0 Å². The first-order valence-corrected chi connectivity index (χ1v) is 6.53. The van der Waals surface area contributed by atoms with Gasteiger partial charge >= 0.3 is 0 Å². The Kier molecular flexibility index (Phi) is 3.36. The molecule has 0 bridgehead atoms. The molecule has 0 spiro atoms. The van der Waals surface area contributed by atoms with Gasteiger partial charge in [0.15, 0.2) is 0 Å². The van der Waals surface area contributed by atoms with Gasteiger partial charge in [-0.3, -0.25) is 4.90 Å². The maximum absolute atomic E-state index is 9.90. The van der Waals surface area contributed by atoms with E-state index in [1.54, 1.807) is 0 Å². The highest BCUT2D eigenvalue weighted by atomic mass is 16.3. The number of rotatable bonds is 3. The third-order valence-electron chi connectivity index (χ3n) is 3.95. The Labute approximate surface area is 93.7 Å². The van der Waals surface area contributed by atoms with Gasteiger partial charge in [0.05, 0.1) is 5.60 Å². The Morgan fingerprint density at radius 2 is 1.80 bits per heavy atom. The van der Waals surface area contributed by atoms with Gasteiger partial charge in [-0.25, -0.2) is 0 Å². The second kappa shape index (κ2) is 4.42. The van der Waals surface area contributed by atoms with Crippen molar-refractivity contribution >= 4 is 0 Å². The number of hydrogen-bond donors (Lipinski definition) is 1. The van der Waals surface area contributed by atoms with E-state index in [2.05, 4.69) is 4.90 Å². The quantitative estimate of drug-likeness (QED) is 0.775. The molecule has 0 amide bonds. The van der Waals surface area contributed by atoms with E-state index >= 15 is 0 Å². The highest BCUT2D eigenvalue weighted by molar-refractivity contribution is 4.89. The van der Waals surface area contributed by atoms with Crippen LogP contribution in [0.3, 0.4) is 0 Å². The molecule has 1 unspecified atom stereocenters. The van der Waals surface area contributed by atoms with Crippen LogP contribution in [0.15, 0.2) is 0 Å². The summed E-state index contributed by atoms with van der Waals surface area (Å²) in [4.78, 5) is 2.54. The molecule has 0 aromatic carbocycles. The van der Waals surface area contributed by atoms with Gasteiger partial charge in [0.25, 0.3) is 0 Å². The number of nitrogens with zero attached hydrogens (tertiary/aromatic N) is 1. The van der Waals surface area contributed by atoms with Crippen molar-refractivity contribution in [3.63, 3.8) is 0 Å². The van der Waals surface area contributed by atoms with Crippen LogP contribution < -0.4 is 0 Å². The molecular weight excluding hydrogens is 186 g/mol. The molecule has 2 fully saturated rings. The zero-order valence-corrected chi connectivity index (χ0v) is 10.2. The van der Waals surface area contributed by atoms with Crippen molar-refractivity contribution < 1.29 is 5.11 Å². The Hall–Kier alpha value is -0.0800. The molecule has 15 heavy (non-hydrogen) atoms. The Morgan fingerprint density at radius 3 is 2.40 bits per heavy atom. The summed E-state index contributed by atoms with van der Waals surface area (Å²) in [7, 11) is 0. The van der Waals surface area contributed by atoms with Gasteiger partial charge in [-0.1, -0.05) is 12.8 Å². The van der Waals surface area contributed by atoms with Crippen LogP contribution in [-0.2, 0) is 0 Å². The Bertz CT molecular complexity index is 203. The van der Waals surface area contributed by atoms with Crippen molar-refractivity contribution in [2.45, 2.75) is 64.0 Å². The molecule has 0 radical (unpaired) electrons. The van der Waals surface area contributed by atoms with E-state index in [9.17, 15) is 5.11 Å². The summed E-state index contributed by atoms with van der Waals surface area (Å²) in [6.07, 6.45) is 8.40. The molecule has 1 saturated carbocycles. The molecule has 1 aliphatic heterocycles. The third kappa shape index (κ3) is 2.94. The number of likely N-dealkylation sites (tertiary alicyclic amines) is 1.